The van der Waals surface area contributed by atoms with Crippen LogP contribution in [0.15, 0.2) is 24.3 Å². The Balaban J connectivity index is 2.06. The van der Waals surface area contributed by atoms with Gasteiger partial charge in [0.2, 0.25) is 0 Å². The maximum atomic E-state index is 11.5. The molecule has 0 radical (unpaired) electrons. The molecule has 4 nitrogen and oxygen atoms in total. The Morgan fingerprint density at radius 2 is 1.94 bits per heavy atom. The molecule has 18 heavy (non-hydrogen) atoms. The van der Waals surface area contributed by atoms with Crippen LogP contribution in [0.4, 0.5) is 5.69 Å². The maximum absolute atomic E-state index is 11.5. The van der Waals surface area contributed by atoms with E-state index >= 15 is 0 Å². The summed E-state index contributed by atoms with van der Waals surface area (Å²) in [6, 6.07) is 7.59. The largest absolute Gasteiger partial charge is 0.481 e. The molecule has 0 saturated heterocycles. The number of benzene rings is 1. The van der Waals surface area contributed by atoms with Crippen molar-refractivity contribution in [1.82, 2.24) is 0 Å². The van der Waals surface area contributed by atoms with E-state index in [1.165, 1.54) is 0 Å². The minimum atomic E-state index is -0.747. The Kier molecular flexibility index (Phi) is 3.57. The van der Waals surface area contributed by atoms with Crippen LogP contribution in [0.5, 0.6) is 0 Å². The van der Waals surface area contributed by atoms with Crippen LogP contribution in [-0.4, -0.2) is 17.6 Å². The van der Waals surface area contributed by atoms with Crippen molar-refractivity contribution in [1.29, 1.82) is 0 Å². The molecule has 1 aliphatic rings. The third-order valence-electron chi connectivity index (χ3n) is 3.99. The molecule has 1 unspecified atom stereocenters. The molecule has 0 aromatic heterocycles. The molecule has 0 amide bonds. The van der Waals surface area contributed by atoms with Crippen LogP contribution >= 0.6 is 0 Å². The second kappa shape index (κ2) is 4.98. The van der Waals surface area contributed by atoms with E-state index in [0.717, 1.165) is 30.5 Å². The van der Waals surface area contributed by atoms with Crippen molar-refractivity contribution in [2.24, 2.45) is 17.1 Å². The number of carboxylic acid groups (broad SMARTS) is 1. The van der Waals surface area contributed by atoms with Crippen molar-refractivity contribution in [3.8, 4) is 0 Å². The van der Waals surface area contributed by atoms with Gasteiger partial charge >= 0.3 is 5.97 Å². The minimum Gasteiger partial charge on any atom is -0.481 e. The third kappa shape index (κ3) is 2.48. The number of carbonyl (C=O) groups is 1. The number of anilines is 1. The van der Waals surface area contributed by atoms with Crippen molar-refractivity contribution in [2.75, 3.05) is 12.3 Å². The molecule has 4 heteroatoms. The second-order valence-corrected chi connectivity index (χ2v) is 5.18. The number of hydrogen-bond acceptors (Lipinski definition) is 3. The smallest absolute Gasteiger partial charge is 0.311 e. The molecule has 1 aromatic carbocycles. The lowest BCUT2D eigenvalue weighted by molar-refractivity contribution is -0.150. The Morgan fingerprint density at radius 1 is 1.33 bits per heavy atom. The molecular weight excluding hydrogens is 228 g/mol. The van der Waals surface area contributed by atoms with Crippen LogP contribution in [0.2, 0.25) is 0 Å². The molecule has 0 heterocycles. The Hall–Kier alpha value is -1.55. The highest BCUT2D eigenvalue weighted by Gasteiger charge is 2.49. The second-order valence-electron chi connectivity index (χ2n) is 5.18. The molecule has 1 fully saturated rings. The normalized spacial score (nSPS) is 18.3. The van der Waals surface area contributed by atoms with E-state index in [1.54, 1.807) is 0 Å². The van der Waals surface area contributed by atoms with Gasteiger partial charge in [-0.1, -0.05) is 12.1 Å². The van der Waals surface area contributed by atoms with Crippen molar-refractivity contribution in [3.05, 3.63) is 29.8 Å². The van der Waals surface area contributed by atoms with Crippen LogP contribution < -0.4 is 11.5 Å². The molecule has 1 aromatic rings. The first kappa shape index (κ1) is 12.9. The van der Waals surface area contributed by atoms with Crippen LogP contribution in [0.3, 0.4) is 0 Å². The molecule has 5 N–H and O–H groups in total. The average Bonchev–Trinajstić information content (AvgIpc) is 3.17. The van der Waals surface area contributed by atoms with Crippen molar-refractivity contribution in [3.63, 3.8) is 0 Å². The van der Waals surface area contributed by atoms with Crippen LogP contribution in [0, 0.1) is 11.3 Å². The standard InChI is InChI=1S/C14H20N2O2/c15-9-14(13(17)18,11-3-4-11)8-7-10-1-5-12(16)6-2-10/h1-2,5-6,11H,3-4,7-9,15-16H2,(H,17,18). The molecule has 1 saturated carbocycles. The quantitative estimate of drug-likeness (QED) is 0.668. The summed E-state index contributed by atoms with van der Waals surface area (Å²) in [5, 5.41) is 9.46. The first-order valence-corrected chi connectivity index (χ1v) is 6.36. The first-order valence-electron chi connectivity index (χ1n) is 6.36. The lowest BCUT2D eigenvalue weighted by Crippen LogP contribution is -2.41. The van der Waals surface area contributed by atoms with Crippen LogP contribution in [-0.2, 0) is 11.2 Å². The zero-order chi connectivity index (χ0) is 13.2. The summed E-state index contributed by atoms with van der Waals surface area (Å²) >= 11 is 0. The van der Waals surface area contributed by atoms with Gasteiger partial charge < -0.3 is 16.6 Å². The number of hydrogen-bond donors (Lipinski definition) is 3. The lowest BCUT2D eigenvalue weighted by atomic mass is 9.77. The van der Waals surface area contributed by atoms with Gasteiger partial charge in [-0.3, -0.25) is 4.79 Å². The molecule has 0 aliphatic heterocycles. The molecule has 98 valence electrons. The molecule has 1 aliphatic carbocycles. The van der Waals surface area contributed by atoms with E-state index in [1.807, 2.05) is 24.3 Å². The van der Waals surface area contributed by atoms with Crippen LogP contribution in [0.1, 0.15) is 24.8 Å². The van der Waals surface area contributed by atoms with Crippen molar-refractivity contribution >= 4 is 11.7 Å². The third-order valence-corrected chi connectivity index (χ3v) is 3.99. The number of aryl methyl sites for hydroxylation is 1. The molecular formula is C14H20N2O2. The summed E-state index contributed by atoms with van der Waals surface area (Å²) < 4.78 is 0. The van der Waals surface area contributed by atoms with Gasteiger partial charge in [0, 0.05) is 12.2 Å². The summed E-state index contributed by atoms with van der Waals surface area (Å²) in [4.78, 5) is 11.5. The van der Waals surface area contributed by atoms with Crippen LogP contribution in [0.25, 0.3) is 0 Å². The first-order chi connectivity index (χ1) is 8.58. The zero-order valence-corrected chi connectivity index (χ0v) is 10.4. The highest BCUT2D eigenvalue weighted by atomic mass is 16.4. The number of aliphatic carboxylic acids is 1. The zero-order valence-electron chi connectivity index (χ0n) is 10.4. The van der Waals surface area contributed by atoms with E-state index in [9.17, 15) is 9.90 Å². The topological polar surface area (TPSA) is 89.3 Å². The Labute approximate surface area is 107 Å². The highest BCUT2D eigenvalue weighted by Crippen LogP contribution is 2.48. The lowest BCUT2D eigenvalue weighted by Gasteiger charge is -2.27. The fraction of sp³-hybridized carbons (Fsp3) is 0.500. The van der Waals surface area contributed by atoms with E-state index in [0.29, 0.717) is 6.42 Å². The van der Waals surface area contributed by atoms with Gasteiger partial charge in [0.1, 0.15) is 0 Å². The Morgan fingerprint density at radius 3 is 2.39 bits per heavy atom. The highest BCUT2D eigenvalue weighted by molar-refractivity contribution is 5.76. The van der Waals surface area contributed by atoms with Gasteiger partial charge in [-0.15, -0.1) is 0 Å². The van der Waals surface area contributed by atoms with Gasteiger partial charge in [-0.2, -0.15) is 0 Å². The fourth-order valence-electron chi connectivity index (χ4n) is 2.53. The summed E-state index contributed by atoms with van der Waals surface area (Å²) in [7, 11) is 0. The predicted octanol–water partition coefficient (Wildman–Crippen LogP) is 1.64. The fourth-order valence-corrected chi connectivity index (χ4v) is 2.53. The van der Waals surface area contributed by atoms with E-state index in [4.69, 9.17) is 11.5 Å². The van der Waals surface area contributed by atoms with Gasteiger partial charge in [-0.25, -0.2) is 0 Å². The SMILES string of the molecule is NCC(CCc1ccc(N)cc1)(C(=O)O)C1CC1. The summed E-state index contributed by atoms with van der Waals surface area (Å²) in [6.07, 6.45) is 3.32. The minimum absolute atomic E-state index is 0.224. The molecule has 2 rings (SSSR count). The van der Waals surface area contributed by atoms with Crippen molar-refractivity contribution in [2.45, 2.75) is 25.7 Å². The summed E-state index contributed by atoms with van der Waals surface area (Å²) in [5.74, 6) is -0.489. The van der Waals surface area contributed by atoms with E-state index in [2.05, 4.69) is 0 Å². The average molecular weight is 248 g/mol. The monoisotopic (exact) mass is 248 g/mol. The maximum Gasteiger partial charge on any atom is 0.311 e. The molecule has 0 spiro atoms. The number of nitrogen functional groups attached to an aromatic ring is 1. The van der Waals surface area contributed by atoms with E-state index < -0.39 is 11.4 Å². The summed E-state index contributed by atoms with van der Waals surface area (Å²) in [6.45, 7) is 0.224. The van der Waals surface area contributed by atoms with Gasteiger partial charge in [-0.05, 0) is 49.3 Å². The number of rotatable bonds is 6. The summed E-state index contributed by atoms with van der Waals surface area (Å²) in [5.41, 5.74) is 12.5. The molecule has 0 bridgehead atoms. The number of nitrogens with two attached hydrogens (primary N) is 2. The van der Waals surface area contributed by atoms with Gasteiger partial charge in [0.25, 0.3) is 0 Å². The number of carboxylic acids is 1. The van der Waals surface area contributed by atoms with Gasteiger partial charge in [0.05, 0.1) is 5.41 Å². The van der Waals surface area contributed by atoms with Crippen molar-refractivity contribution < 1.29 is 9.90 Å². The Bertz CT molecular complexity index is 426. The predicted molar refractivity (Wildman–Crippen MR) is 71.0 cm³/mol. The molecule has 1 atom stereocenters. The van der Waals surface area contributed by atoms with E-state index in [-0.39, 0.29) is 12.5 Å². The van der Waals surface area contributed by atoms with Gasteiger partial charge in [0.15, 0.2) is 0 Å².